The van der Waals surface area contributed by atoms with E-state index in [1.165, 1.54) is 18.3 Å². The quantitative estimate of drug-likeness (QED) is 0.706. The monoisotopic (exact) mass is 458 g/mol. The fourth-order valence-electron chi connectivity index (χ4n) is 4.95. The number of aromatic nitrogens is 2. The lowest BCUT2D eigenvalue weighted by molar-refractivity contribution is 0.0997. The van der Waals surface area contributed by atoms with Crippen LogP contribution in [0.15, 0.2) is 40.4 Å². The van der Waals surface area contributed by atoms with Gasteiger partial charge < -0.3 is 15.4 Å². The summed E-state index contributed by atoms with van der Waals surface area (Å²) >= 11 is 0. The number of amides is 1. The third-order valence-corrected chi connectivity index (χ3v) is 8.02. The number of nitrogens with two attached hydrogens (primary N) is 1. The largest absolute Gasteiger partial charge is 0.474 e. The Balaban J connectivity index is 1.77. The van der Waals surface area contributed by atoms with E-state index >= 15 is 0 Å². The summed E-state index contributed by atoms with van der Waals surface area (Å²) in [5.74, 6) is 0.105. The molecule has 0 bridgehead atoms. The Bertz CT molecular complexity index is 1130. The van der Waals surface area contributed by atoms with Gasteiger partial charge in [0.2, 0.25) is 15.7 Å². The van der Waals surface area contributed by atoms with E-state index < -0.39 is 15.7 Å². The van der Waals surface area contributed by atoms with Gasteiger partial charge in [-0.15, -0.1) is 0 Å². The Kier molecular flexibility index (Phi) is 5.87. The van der Waals surface area contributed by atoms with Crippen LogP contribution in [0.5, 0.6) is 5.88 Å². The maximum atomic E-state index is 13.6. The third-order valence-electron chi connectivity index (χ3n) is 6.32. The van der Waals surface area contributed by atoms with E-state index in [1.54, 1.807) is 12.1 Å². The van der Waals surface area contributed by atoms with E-state index in [0.29, 0.717) is 18.3 Å². The number of pyridine rings is 2. The number of carbonyl (C=O) groups excluding carboxylic acids is 1. The number of carbonyl (C=O) groups is 1. The van der Waals surface area contributed by atoms with Crippen molar-refractivity contribution in [3.8, 4) is 5.88 Å². The number of anilines is 1. The van der Waals surface area contributed by atoms with Gasteiger partial charge in [-0.2, -0.15) is 0 Å². The van der Waals surface area contributed by atoms with Crippen molar-refractivity contribution < 1.29 is 17.9 Å². The molecule has 8 nitrogen and oxygen atoms in total. The van der Waals surface area contributed by atoms with Gasteiger partial charge in [0.25, 0.3) is 5.91 Å². The van der Waals surface area contributed by atoms with E-state index in [-0.39, 0.29) is 33.0 Å². The van der Waals surface area contributed by atoms with Crippen LogP contribution in [0.4, 0.5) is 5.82 Å². The molecule has 3 heterocycles. The average molecular weight is 459 g/mol. The van der Waals surface area contributed by atoms with Gasteiger partial charge in [0.15, 0.2) is 5.03 Å². The van der Waals surface area contributed by atoms with Crippen LogP contribution in [0.2, 0.25) is 0 Å². The second-order valence-electron chi connectivity index (χ2n) is 9.45. The van der Waals surface area contributed by atoms with Crippen molar-refractivity contribution in [2.75, 3.05) is 11.4 Å². The molecule has 1 atom stereocenters. The molecule has 9 heteroatoms. The van der Waals surface area contributed by atoms with Gasteiger partial charge in [-0.3, -0.25) is 4.79 Å². The summed E-state index contributed by atoms with van der Waals surface area (Å²) in [6.07, 6.45) is 6.41. The van der Waals surface area contributed by atoms with Crippen molar-refractivity contribution in [2.45, 2.75) is 74.4 Å². The highest BCUT2D eigenvalue weighted by atomic mass is 32.2. The molecule has 2 aromatic heterocycles. The van der Waals surface area contributed by atoms with Gasteiger partial charge >= 0.3 is 0 Å². The summed E-state index contributed by atoms with van der Waals surface area (Å²) < 4.78 is 33.0. The second kappa shape index (κ2) is 8.35. The van der Waals surface area contributed by atoms with Gasteiger partial charge in [0.1, 0.15) is 17.5 Å². The zero-order chi connectivity index (χ0) is 23.1. The minimum absolute atomic E-state index is 0.0496. The van der Waals surface area contributed by atoms with Gasteiger partial charge in [-0.1, -0.05) is 13.0 Å². The van der Waals surface area contributed by atoms with E-state index in [0.717, 1.165) is 32.1 Å². The molecular weight excluding hydrogens is 428 g/mol. The van der Waals surface area contributed by atoms with Crippen molar-refractivity contribution >= 4 is 21.6 Å². The van der Waals surface area contributed by atoms with Crippen LogP contribution >= 0.6 is 0 Å². The molecule has 2 aromatic rings. The summed E-state index contributed by atoms with van der Waals surface area (Å²) in [5, 5.41) is -0.179. The van der Waals surface area contributed by atoms with Crippen molar-refractivity contribution in [1.82, 2.24) is 9.97 Å². The number of rotatable bonds is 6. The molecule has 32 heavy (non-hydrogen) atoms. The molecule has 1 saturated heterocycles. The van der Waals surface area contributed by atoms with Crippen LogP contribution in [0.25, 0.3) is 0 Å². The fourth-order valence-corrected chi connectivity index (χ4v) is 6.35. The molecule has 1 unspecified atom stereocenters. The van der Waals surface area contributed by atoms with Gasteiger partial charge in [-0.25, -0.2) is 18.4 Å². The predicted octanol–water partition coefficient (Wildman–Crippen LogP) is 3.35. The first-order chi connectivity index (χ1) is 15.1. The number of ether oxygens (including phenoxy) is 1. The molecule has 0 spiro atoms. The first-order valence-corrected chi connectivity index (χ1v) is 12.5. The lowest BCUT2D eigenvalue weighted by Crippen LogP contribution is -2.40. The zero-order valence-corrected chi connectivity index (χ0v) is 19.6. The van der Waals surface area contributed by atoms with Crippen LogP contribution in [0, 0.1) is 5.92 Å². The highest BCUT2D eigenvalue weighted by Crippen LogP contribution is 2.39. The van der Waals surface area contributed by atoms with Crippen LogP contribution in [-0.2, 0) is 9.84 Å². The number of hydrogen-bond donors (Lipinski definition) is 1. The fraction of sp³-hybridized carbons (Fsp3) is 0.522. The van der Waals surface area contributed by atoms with E-state index in [4.69, 9.17) is 10.5 Å². The van der Waals surface area contributed by atoms with Crippen LogP contribution < -0.4 is 15.4 Å². The zero-order valence-electron chi connectivity index (χ0n) is 18.7. The molecule has 2 aliphatic rings. The Morgan fingerprint density at radius 1 is 1.22 bits per heavy atom. The first-order valence-electron chi connectivity index (χ1n) is 11.0. The second-order valence-corrected chi connectivity index (χ2v) is 11.3. The number of hydrogen-bond acceptors (Lipinski definition) is 7. The third kappa shape index (κ3) is 4.18. The van der Waals surface area contributed by atoms with E-state index in [2.05, 4.69) is 30.7 Å². The Labute approximate surface area is 189 Å². The maximum Gasteiger partial charge on any atom is 0.253 e. The van der Waals surface area contributed by atoms with Crippen LogP contribution in [0.1, 0.15) is 63.2 Å². The molecule has 1 saturated carbocycles. The molecule has 2 fully saturated rings. The predicted molar refractivity (Wildman–Crippen MR) is 121 cm³/mol. The number of primary amides is 1. The lowest BCUT2D eigenvalue weighted by atomic mass is 9.97. The molecule has 1 aliphatic carbocycles. The summed E-state index contributed by atoms with van der Waals surface area (Å²) in [4.78, 5) is 22.9. The van der Waals surface area contributed by atoms with E-state index in [1.807, 2.05) is 4.90 Å². The van der Waals surface area contributed by atoms with Crippen molar-refractivity contribution in [3.63, 3.8) is 0 Å². The van der Waals surface area contributed by atoms with E-state index in [9.17, 15) is 13.2 Å². The molecule has 4 rings (SSSR count). The average Bonchev–Trinajstić information content (AvgIpc) is 3.33. The van der Waals surface area contributed by atoms with Crippen molar-refractivity contribution in [3.05, 3.63) is 36.0 Å². The highest BCUT2D eigenvalue weighted by molar-refractivity contribution is 7.91. The summed E-state index contributed by atoms with van der Waals surface area (Å²) in [6.45, 7) is 6.88. The van der Waals surface area contributed by atoms with Crippen molar-refractivity contribution in [1.29, 1.82) is 0 Å². The Morgan fingerprint density at radius 2 is 1.94 bits per heavy atom. The minimum Gasteiger partial charge on any atom is -0.474 e. The standard InChI is InChI=1S/C23H30N4O4S/c1-15-13-23(2,3)27(14-15)22-20(21(24)28)17(11-12-25-22)32(29,30)19-10-6-9-18(26-19)31-16-7-4-5-8-16/h6,9-12,15-16H,4-5,7-8,13-14H2,1-3H3,(H2,24,28). The van der Waals surface area contributed by atoms with Gasteiger partial charge in [-0.05, 0) is 64.0 Å². The molecule has 0 radical (unpaired) electrons. The Hall–Kier alpha value is -2.68. The molecule has 172 valence electrons. The lowest BCUT2D eigenvalue weighted by Gasteiger charge is -2.33. The van der Waals surface area contributed by atoms with Crippen molar-refractivity contribution in [2.24, 2.45) is 11.7 Å². The molecular formula is C23H30N4O4S. The smallest absolute Gasteiger partial charge is 0.253 e. The van der Waals surface area contributed by atoms with Crippen LogP contribution in [0.3, 0.4) is 0 Å². The summed E-state index contributed by atoms with van der Waals surface area (Å²) in [5.41, 5.74) is 5.32. The minimum atomic E-state index is -4.13. The van der Waals surface area contributed by atoms with Crippen LogP contribution in [-0.4, -0.2) is 42.5 Å². The van der Waals surface area contributed by atoms with Gasteiger partial charge in [0, 0.05) is 24.3 Å². The van der Waals surface area contributed by atoms with Gasteiger partial charge in [0.05, 0.1) is 4.90 Å². The highest BCUT2D eigenvalue weighted by Gasteiger charge is 2.40. The molecule has 1 amide bonds. The topological polar surface area (TPSA) is 115 Å². The molecule has 0 aromatic carbocycles. The SMILES string of the molecule is CC1CN(c2nccc(S(=O)(=O)c3cccc(OC4CCCC4)n3)c2C(N)=O)C(C)(C)C1. The normalized spacial score (nSPS) is 21.1. The maximum absolute atomic E-state index is 13.6. The summed E-state index contributed by atoms with van der Waals surface area (Å²) in [6, 6.07) is 5.97. The first kappa shape index (κ1) is 22.5. The number of nitrogens with zero attached hydrogens (tertiary/aromatic N) is 3. The number of sulfone groups is 1. The molecule has 2 N–H and O–H groups in total. The summed E-state index contributed by atoms with van der Waals surface area (Å²) in [7, 11) is -4.13. The molecule has 1 aliphatic heterocycles. The Morgan fingerprint density at radius 3 is 2.56 bits per heavy atom.